The molecule has 0 spiro atoms. The summed E-state index contributed by atoms with van der Waals surface area (Å²) in [4.78, 5) is 0. The van der Waals surface area contributed by atoms with Crippen molar-refractivity contribution < 1.29 is 5.11 Å². The number of nitrogens with one attached hydrogen (secondary N) is 1. The molecule has 1 aromatic carbocycles. The Morgan fingerprint density at radius 3 is 2.78 bits per heavy atom. The molecule has 1 heterocycles. The zero-order valence-electron chi connectivity index (χ0n) is 9.69. The van der Waals surface area contributed by atoms with E-state index in [9.17, 15) is 5.11 Å². The number of rotatable bonds is 4. The van der Waals surface area contributed by atoms with Crippen molar-refractivity contribution in [3.8, 4) is 5.75 Å². The lowest BCUT2D eigenvalue weighted by atomic mass is 10.2. The summed E-state index contributed by atoms with van der Waals surface area (Å²) in [7, 11) is 1.87. The molecule has 0 unspecified atom stereocenters. The Labute approximate surface area is 114 Å². The molecule has 18 heavy (non-hydrogen) atoms. The van der Waals surface area contributed by atoms with E-state index < -0.39 is 0 Å². The third-order valence-electron chi connectivity index (χ3n) is 2.51. The Balaban J connectivity index is 2.01. The largest absolute Gasteiger partial charge is 0.506 e. The number of hydrogen-bond donors (Lipinski definition) is 2. The van der Waals surface area contributed by atoms with Crippen LogP contribution in [0.25, 0.3) is 0 Å². The van der Waals surface area contributed by atoms with Crippen LogP contribution in [0.2, 0.25) is 10.0 Å². The van der Waals surface area contributed by atoms with Crippen molar-refractivity contribution in [3.63, 3.8) is 0 Å². The third-order valence-corrected chi connectivity index (χ3v) is 3.02. The molecule has 0 saturated carbocycles. The molecule has 2 rings (SSSR count). The average Bonchev–Trinajstić information content (AvgIpc) is 2.71. The molecule has 0 fully saturated rings. The van der Waals surface area contributed by atoms with Gasteiger partial charge in [0, 0.05) is 24.2 Å². The van der Waals surface area contributed by atoms with Gasteiger partial charge in [-0.25, -0.2) is 0 Å². The van der Waals surface area contributed by atoms with E-state index in [1.165, 1.54) is 6.07 Å². The molecule has 0 aliphatic heterocycles. The Morgan fingerprint density at radius 2 is 2.11 bits per heavy atom. The Kier molecular flexibility index (Phi) is 4.06. The predicted molar refractivity (Wildman–Crippen MR) is 69.7 cm³/mol. The van der Waals surface area contributed by atoms with Gasteiger partial charge in [-0.1, -0.05) is 23.2 Å². The van der Waals surface area contributed by atoms with Crippen LogP contribution in [-0.4, -0.2) is 19.9 Å². The Morgan fingerprint density at radius 1 is 1.33 bits per heavy atom. The summed E-state index contributed by atoms with van der Waals surface area (Å²) in [5.74, 6) is 0.856. The van der Waals surface area contributed by atoms with Crippen LogP contribution in [0.4, 0.5) is 0 Å². The number of aromatic nitrogens is 3. The van der Waals surface area contributed by atoms with Crippen LogP contribution in [0.5, 0.6) is 5.75 Å². The smallest absolute Gasteiger partial charge is 0.146 e. The first kappa shape index (κ1) is 13.1. The van der Waals surface area contributed by atoms with Crippen molar-refractivity contribution in [2.45, 2.75) is 13.1 Å². The van der Waals surface area contributed by atoms with Crippen molar-refractivity contribution in [1.29, 1.82) is 0 Å². The number of halogens is 2. The fourth-order valence-electron chi connectivity index (χ4n) is 1.53. The molecule has 96 valence electrons. The molecule has 1 aromatic heterocycles. The van der Waals surface area contributed by atoms with Gasteiger partial charge in [-0.2, -0.15) is 0 Å². The molecule has 2 aromatic rings. The van der Waals surface area contributed by atoms with Crippen molar-refractivity contribution in [2.75, 3.05) is 0 Å². The van der Waals surface area contributed by atoms with Gasteiger partial charge in [0.2, 0.25) is 0 Å². The normalized spacial score (nSPS) is 10.8. The maximum atomic E-state index is 9.77. The highest BCUT2D eigenvalue weighted by Gasteiger charge is 2.08. The lowest BCUT2D eigenvalue weighted by Crippen LogP contribution is -2.15. The standard InChI is InChI=1S/C11H12Cl2N4O/c1-17-6-15-16-10(17)5-14-4-7-2-8(12)3-9(13)11(7)18/h2-3,6,14,18H,4-5H2,1H3. The lowest BCUT2D eigenvalue weighted by Gasteiger charge is -2.08. The number of phenolic OH excluding ortho intramolecular Hbond substituents is 1. The molecule has 0 atom stereocenters. The number of nitrogens with zero attached hydrogens (tertiary/aromatic N) is 3. The van der Waals surface area contributed by atoms with Crippen molar-refractivity contribution >= 4 is 23.2 Å². The molecule has 2 N–H and O–H groups in total. The molecule has 5 nitrogen and oxygen atoms in total. The van der Waals surface area contributed by atoms with Crippen LogP contribution in [0.15, 0.2) is 18.5 Å². The summed E-state index contributed by atoms with van der Waals surface area (Å²) in [5, 5.41) is 21.4. The molecule has 0 amide bonds. The van der Waals surface area contributed by atoms with Gasteiger partial charge in [-0.05, 0) is 12.1 Å². The van der Waals surface area contributed by atoms with E-state index in [2.05, 4.69) is 15.5 Å². The Hall–Kier alpha value is -1.30. The fourth-order valence-corrected chi connectivity index (χ4v) is 2.07. The summed E-state index contributed by atoms with van der Waals surface area (Å²) in [6, 6.07) is 3.18. The molecule has 0 radical (unpaired) electrons. The molecular weight excluding hydrogens is 275 g/mol. The van der Waals surface area contributed by atoms with Gasteiger partial charge in [-0.3, -0.25) is 0 Å². The fraction of sp³-hybridized carbons (Fsp3) is 0.273. The van der Waals surface area contributed by atoms with E-state index in [1.54, 1.807) is 12.4 Å². The molecule has 7 heteroatoms. The molecule has 0 aliphatic rings. The average molecular weight is 287 g/mol. The summed E-state index contributed by atoms with van der Waals surface area (Å²) in [5.41, 5.74) is 0.648. The molecule has 0 saturated heterocycles. The minimum atomic E-state index is 0.0477. The summed E-state index contributed by atoms with van der Waals surface area (Å²) in [6.45, 7) is 0.985. The number of phenols is 1. The summed E-state index contributed by atoms with van der Waals surface area (Å²) < 4.78 is 1.82. The van der Waals surface area contributed by atoms with Gasteiger partial charge >= 0.3 is 0 Å². The van der Waals surface area contributed by atoms with Crippen molar-refractivity contribution in [1.82, 2.24) is 20.1 Å². The van der Waals surface area contributed by atoms with Crippen LogP contribution >= 0.6 is 23.2 Å². The zero-order valence-corrected chi connectivity index (χ0v) is 11.2. The number of benzene rings is 1. The highest BCUT2D eigenvalue weighted by molar-refractivity contribution is 6.35. The molecular formula is C11H12Cl2N4O. The molecule has 0 aliphatic carbocycles. The van der Waals surface area contributed by atoms with Gasteiger partial charge in [0.25, 0.3) is 0 Å². The van der Waals surface area contributed by atoms with Gasteiger partial charge in [-0.15, -0.1) is 10.2 Å². The van der Waals surface area contributed by atoms with Crippen LogP contribution in [0, 0.1) is 0 Å². The lowest BCUT2D eigenvalue weighted by molar-refractivity contribution is 0.464. The first-order valence-electron chi connectivity index (χ1n) is 5.28. The van der Waals surface area contributed by atoms with Gasteiger partial charge < -0.3 is 15.0 Å². The summed E-state index contributed by atoms with van der Waals surface area (Å²) in [6.07, 6.45) is 1.63. The minimum absolute atomic E-state index is 0.0477. The number of hydrogen-bond acceptors (Lipinski definition) is 4. The maximum Gasteiger partial charge on any atom is 0.146 e. The zero-order chi connectivity index (χ0) is 13.1. The van der Waals surface area contributed by atoms with E-state index in [4.69, 9.17) is 23.2 Å². The summed E-state index contributed by atoms with van der Waals surface area (Å²) >= 11 is 11.7. The van der Waals surface area contributed by atoms with E-state index >= 15 is 0 Å². The van der Waals surface area contributed by atoms with Crippen LogP contribution in [-0.2, 0) is 20.1 Å². The van der Waals surface area contributed by atoms with Crippen LogP contribution < -0.4 is 5.32 Å². The quantitative estimate of drug-likeness (QED) is 0.904. The SMILES string of the molecule is Cn1cnnc1CNCc1cc(Cl)cc(Cl)c1O. The van der Waals surface area contributed by atoms with Gasteiger partial charge in [0.05, 0.1) is 11.6 Å². The van der Waals surface area contributed by atoms with Crippen LogP contribution in [0.1, 0.15) is 11.4 Å². The predicted octanol–water partition coefficient (Wildman–Crippen LogP) is 2.12. The van der Waals surface area contributed by atoms with E-state index in [0.717, 1.165) is 5.82 Å². The highest BCUT2D eigenvalue weighted by atomic mass is 35.5. The number of aromatic hydroxyl groups is 1. The first-order chi connectivity index (χ1) is 8.58. The second-order valence-electron chi connectivity index (χ2n) is 3.86. The maximum absolute atomic E-state index is 9.77. The monoisotopic (exact) mass is 286 g/mol. The van der Waals surface area contributed by atoms with E-state index in [-0.39, 0.29) is 10.8 Å². The van der Waals surface area contributed by atoms with Gasteiger partial charge in [0.15, 0.2) is 0 Å². The van der Waals surface area contributed by atoms with Crippen molar-refractivity contribution in [3.05, 3.63) is 39.9 Å². The van der Waals surface area contributed by atoms with Crippen LogP contribution in [0.3, 0.4) is 0 Å². The highest BCUT2D eigenvalue weighted by Crippen LogP contribution is 2.30. The third kappa shape index (κ3) is 2.93. The topological polar surface area (TPSA) is 63.0 Å². The van der Waals surface area contributed by atoms with Crippen molar-refractivity contribution in [2.24, 2.45) is 7.05 Å². The second kappa shape index (κ2) is 5.56. The minimum Gasteiger partial charge on any atom is -0.506 e. The first-order valence-corrected chi connectivity index (χ1v) is 6.04. The van der Waals surface area contributed by atoms with E-state index in [0.29, 0.717) is 23.7 Å². The number of aryl methyl sites for hydroxylation is 1. The second-order valence-corrected chi connectivity index (χ2v) is 4.70. The molecule has 0 bridgehead atoms. The van der Waals surface area contributed by atoms with Gasteiger partial charge in [0.1, 0.15) is 17.9 Å². The van der Waals surface area contributed by atoms with E-state index in [1.807, 2.05) is 11.6 Å². The Bertz CT molecular complexity index is 556.